The molecular weight excluding hydrogens is 186 g/mol. The molecule has 3 aliphatic rings. The van der Waals surface area contributed by atoms with Crippen LogP contribution < -0.4 is 4.74 Å². The van der Waals surface area contributed by atoms with Crippen molar-refractivity contribution >= 4 is 0 Å². The minimum absolute atomic E-state index is 0.595. The van der Waals surface area contributed by atoms with Gasteiger partial charge in [0.1, 0.15) is 0 Å². The van der Waals surface area contributed by atoms with Crippen molar-refractivity contribution in [3.63, 3.8) is 0 Å². The van der Waals surface area contributed by atoms with E-state index in [0.717, 1.165) is 12.3 Å². The van der Waals surface area contributed by atoms with E-state index in [4.69, 9.17) is 4.74 Å². The molecule has 78 valence electrons. The zero-order chi connectivity index (χ0) is 10.3. The number of ether oxygens (including phenoxy) is 1. The summed E-state index contributed by atoms with van der Waals surface area (Å²) in [4.78, 5) is 4.57. The fraction of sp³-hybridized carbons (Fsp3) is 0.462. The van der Waals surface area contributed by atoms with Crippen molar-refractivity contribution in [2.24, 2.45) is 5.92 Å². The van der Waals surface area contributed by atoms with Crippen LogP contribution in [0.3, 0.4) is 0 Å². The van der Waals surface area contributed by atoms with Crippen molar-refractivity contribution < 1.29 is 4.74 Å². The molecule has 0 saturated heterocycles. The van der Waals surface area contributed by atoms with Gasteiger partial charge in [-0.15, -0.1) is 0 Å². The highest BCUT2D eigenvalue weighted by Gasteiger charge is 2.26. The van der Waals surface area contributed by atoms with Gasteiger partial charge in [-0.2, -0.15) is 0 Å². The number of fused-ring (bicyclic) bond motifs is 1. The van der Waals surface area contributed by atoms with E-state index in [1.807, 2.05) is 6.07 Å². The van der Waals surface area contributed by atoms with Crippen LogP contribution in [0.4, 0.5) is 0 Å². The van der Waals surface area contributed by atoms with Crippen LogP contribution in [-0.2, 0) is 6.42 Å². The van der Waals surface area contributed by atoms with E-state index in [0.29, 0.717) is 11.8 Å². The lowest BCUT2D eigenvalue weighted by atomic mass is 9.89. The van der Waals surface area contributed by atoms with Gasteiger partial charge in [0, 0.05) is 17.7 Å². The second-order valence-electron chi connectivity index (χ2n) is 4.42. The Labute approximate surface area is 90.0 Å². The molecule has 2 atom stereocenters. The Morgan fingerprint density at radius 3 is 2.93 bits per heavy atom. The maximum Gasteiger partial charge on any atom is 0.213 e. The molecule has 0 amide bonds. The monoisotopic (exact) mass is 201 g/mol. The summed E-state index contributed by atoms with van der Waals surface area (Å²) >= 11 is 0. The van der Waals surface area contributed by atoms with Gasteiger partial charge in [-0.1, -0.05) is 18.2 Å². The van der Waals surface area contributed by atoms with Crippen molar-refractivity contribution in [2.75, 3.05) is 7.11 Å². The fourth-order valence-electron chi connectivity index (χ4n) is 2.66. The van der Waals surface area contributed by atoms with Gasteiger partial charge in [0.05, 0.1) is 7.11 Å². The number of hydrogen-bond acceptors (Lipinski definition) is 2. The van der Waals surface area contributed by atoms with Crippen molar-refractivity contribution in [2.45, 2.75) is 25.2 Å². The molecule has 4 rings (SSSR count). The molecule has 2 bridgehead atoms. The Hall–Kier alpha value is -1.31. The first kappa shape index (κ1) is 8.96. The number of allylic oxidation sites excluding steroid dienone is 2. The first-order valence-corrected chi connectivity index (χ1v) is 5.59. The first-order chi connectivity index (χ1) is 7.36. The van der Waals surface area contributed by atoms with Crippen molar-refractivity contribution in [3.8, 4) is 5.88 Å². The molecular formula is C13H15NO. The molecule has 0 aliphatic heterocycles. The van der Waals surface area contributed by atoms with E-state index in [2.05, 4.69) is 23.2 Å². The largest absolute Gasteiger partial charge is 0.481 e. The SMILES string of the molecule is COc1ccc2c(n1)CC1C=CC2CC1. The second kappa shape index (κ2) is 3.37. The highest BCUT2D eigenvalue weighted by Crippen LogP contribution is 2.38. The molecule has 0 radical (unpaired) electrons. The molecule has 0 aromatic carbocycles. The molecule has 0 spiro atoms. The quantitative estimate of drug-likeness (QED) is 0.652. The summed E-state index contributed by atoms with van der Waals surface area (Å²) in [5, 5.41) is 0. The number of nitrogens with zero attached hydrogens (tertiary/aromatic N) is 1. The van der Waals surface area contributed by atoms with Crippen LogP contribution in [0.15, 0.2) is 24.3 Å². The lowest BCUT2D eigenvalue weighted by molar-refractivity contribution is 0.395. The van der Waals surface area contributed by atoms with Gasteiger partial charge in [-0.3, -0.25) is 0 Å². The maximum absolute atomic E-state index is 5.18. The fourth-order valence-corrected chi connectivity index (χ4v) is 2.66. The Bertz CT molecular complexity index is 411. The average Bonchev–Trinajstić information content (AvgIpc) is 2.57. The minimum atomic E-state index is 0.595. The van der Waals surface area contributed by atoms with Crippen LogP contribution in [0.1, 0.15) is 30.0 Å². The number of rotatable bonds is 1. The van der Waals surface area contributed by atoms with Gasteiger partial charge in [-0.05, 0) is 30.7 Å². The summed E-state index contributed by atoms with van der Waals surface area (Å²) in [7, 11) is 1.68. The van der Waals surface area contributed by atoms with Gasteiger partial charge in [-0.25, -0.2) is 4.98 Å². The lowest BCUT2D eigenvalue weighted by Crippen LogP contribution is -2.02. The third-order valence-corrected chi connectivity index (χ3v) is 3.51. The molecule has 2 nitrogen and oxygen atoms in total. The van der Waals surface area contributed by atoms with Crippen LogP contribution in [0.25, 0.3) is 0 Å². The Kier molecular flexibility index (Phi) is 2.01. The highest BCUT2D eigenvalue weighted by atomic mass is 16.5. The first-order valence-electron chi connectivity index (χ1n) is 5.59. The molecule has 1 heterocycles. The number of aromatic nitrogens is 1. The lowest BCUT2D eigenvalue weighted by Gasteiger charge is -2.16. The molecule has 0 fully saturated rings. The predicted molar refractivity (Wildman–Crippen MR) is 59.1 cm³/mol. The Morgan fingerprint density at radius 1 is 1.27 bits per heavy atom. The van der Waals surface area contributed by atoms with Gasteiger partial charge < -0.3 is 4.74 Å². The van der Waals surface area contributed by atoms with Crippen molar-refractivity contribution in [1.29, 1.82) is 0 Å². The summed E-state index contributed by atoms with van der Waals surface area (Å²) in [5.74, 6) is 2.04. The van der Waals surface area contributed by atoms with E-state index < -0.39 is 0 Å². The summed E-state index contributed by atoms with van der Waals surface area (Å²) in [6.45, 7) is 0. The van der Waals surface area contributed by atoms with Crippen molar-refractivity contribution in [3.05, 3.63) is 35.5 Å². The van der Waals surface area contributed by atoms with Gasteiger partial charge >= 0.3 is 0 Å². The zero-order valence-corrected chi connectivity index (χ0v) is 8.94. The number of pyridine rings is 1. The summed E-state index contributed by atoms with van der Waals surface area (Å²) in [5.41, 5.74) is 2.65. The third-order valence-electron chi connectivity index (χ3n) is 3.51. The average molecular weight is 201 g/mol. The number of methoxy groups -OCH3 is 1. The van der Waals surface area contributed by atoms with E-state index in [1.54, 1.807) is 7.11 Å². The zero-order valence-electron chi connectivity index (χ0n) is 8.94. The van der Waals surface area contributed by atoms with E-state index in [9.17, 15) is 0 Å². The second-order valence-corrected chi connectivity index (χ2v) is 4.42. The van der Waals surface area contributed by atoms with Gasteiger partial charge in [0.2, 0.25) is 5.88 Å². The smallest absolute Gasteiger partial charge is 0.213 e. The molecule has 1 aromatic rings. The van der Waals surface area contributed by atoms with E-state index in [1.165, 1.54) is 24.1 Å². The number of hydrogen-bond donors (Lipinski definition) is 0. The standard InChI is InChI=1S/C13H15NO/c1-15-13-7-6-11-10-4-2-9(3-5-10)8-12(11)14-13/h2,4,6-7,9-10H,3,5,8H2,1H3. The molecule has 2 heteroatoms. The molecule has 0 N–H and O–H groups in total. The van der Waals surface area contributed by atoms with Crippen LogP contribution in [0.2, 0.25) is 0 Å². The predicted octanol–water partition coefficient (Wildman–Crippen LogP) is 2.70. The van der Waals surface area contributed by atoms with Crippen molar-refractivity contribution in [1.82, 2.24) is 4.98 Å². The minimum Gasteiger partial charge on any atom is -0.481 e. The van der Waals surface area contributed by atoms with Gasteiger partial charge in [0.15, 0.2) is 0 Å². The third kappa shape index (κ3) is 1.44. The molecule has 3 aliphatic carbocycles. The summed E-state index contributed by atoms with van der Waals surface area (Å²) < 4.78 is 5.18. The molecule has 15 heavy (non-hydrogen) atoms. The van der Waals surface area contributed by atoms with E-state index in [-0.39, 0.29) is 0 Å². The van der Waals surface area contributed by atoms with Crippen LogP contribution in [0, 0.1) is 5.92 Å². The maximum atomic E-state index is 5.18. The molecule has 1 aromatic heterocycles. The summed E-state index contributed by atoms with van der Waals surface area (Å²) in [6, 6.07) is 4.16. The molecule has 0 saturated carbocycles. The van der Waals surface area contributed by atoms with Crippen LogP contribution in [0.5, 0.6) is 5.88 Å². The Balaban J connectivity index is 2.08. The molecule has 2 unspecified atom stereocenters. The van der Waals surface area contributed by atoms with Crippen LogP contribution in [-0.4, -0.2) is 12.1 Å². The highest BCUT2D eigenvalue weighted by molar-refractivity contribution is 5.35. The Morgan fingerprint density at radius 2 is 2.20 bits per heavy atom. The van der Waals surface area contributed by atoms with E-state index >= 15 is 0 Å². The van der Waals surface area contributed by atoms with Crippen LogP contribution >= 0.6 is 0 Å². The van der Waals surface area contributed by atoms with Gasteiger partial charge in [0.25, 0.3) is 0 Å². The summed E-state index contributed by atoms with van der Waals surface area (Å²) in [6.07, 6.45) is 8.39. The topological polar surface area (TPSA) is 22.1 Å². The normalized spacial score (nSPS) is 27.3.